The molecule has 0 saturated heterocycles. The van der Waals surface area contributed by atoms with Crippen LogP contribution in [0.2, 0.25) is 0 Å². The molecule has 1 atom stereocenters. The molecule has 7 nitrogen and oxygen atoms in total. The van der Waals surface area contributed by atoms with Gasteiger partial charge in [-0.25, -0.2) is 9.59 Å². The van der Waals surface area contributed by atoms with E-state index in [4.69, 9.17) is 14.2 Å². The third kappa shape index (κ3) is 3.20. The van der Waals surface area contributed by atoms with E-state index in [1.165, 1.54) is 40.7 Å². The number of esters is 2. The zero-order valence-electron chi connectivity index (χ0n) is 23.9. The molecule has 0 amide bonds. The van der Waals surface area contributed by atoms with Gasteiger partial charge in [0.15, 0.2) is 5.60 Å². The molecule has 0 fully saturated rings. The highest BCUT2D eigenvalue weighted by atomic mass is 16.6. The SMILES string of the molecule is CCc1cc2c(c3c1N(C)CCC3)Oc1c(cc3c4c1CCCN4CCC3)C21OC(=O)c2cc(C(=O)OC)ccc21. The summed E-state index contributed by atoms with van der Waals surface area (Å²) in [5.41, 5.74) is 9.71. The third-order valence-electron chi connectivity index (χ3n) is 9.83. The van der Waals surface area contributed by atoms with Gasteiger partial charge in [-0.05, 0) is 80.3 Å². The summed E-state index contributed by atoms with van der Waals surface area (Å²) in [4.78, 5) is 31.1. The lowest BCUT2D eigenvalue weighted by molar-refractivity contribution is 0.0222. The van der Waals surface area contributed by atoms with Gasteiger partial charge >= 0.3 is 11.9 Å². The Labute approximate surface area is 240 Å². The Kier molecular flexibility index (Phi) is 5.28. The number of carbonyl (C=O) groups is 2. The molecule has 0 saturated carbocycles. The molecule has 5 aliphatic heterocycles. The zero-order valence-corrected chi connectivity index (χ0v) is 23.9. The van der Waals surface area contributed by atoms with E-state index < -0.39 is 17.5 Å². The van der Waals surface area contributed by atoms with Crippen LogP contribution in [0.25, 0.3) is 0 Å². The van der Waals surface area contributed by atoms with Crippen LogP contribution in [0.5, 0.6) is 11.5 Å². The summed E-state index contributed by atoms with van der Waals surface area (Å²) in [6, 6.07) is 9.74. The van der Waals surface area contributed by atoms with Gasteiger partial charge < -0.3 is 24.0 Å². The van der Waals surface area contributed by atoms with Crippen molar-refractivity contribution in [2.75, 3.05) is 43.6 Å². The van der Waals surface area contributed by atoms with E-state index >= 15 is 0 Å². The standard InChI is InChI=1S/C34H34N2O5/c1-4-19-17-26-30(22-9-6-13-35(2)28(19)22)40-31-23-10-7-15-36-14-5-8-20(29(23)36)18-27(31)34(26)25-12-11-21(32(37)39-3)16-24(25)33(38)41-34/h11-12,16-18H,4-10,13-15H2,1-3H3. The number of carbonyl (C=O) groups excluding carboxylic acids is 2. The van der Waals surface area contributed by atoms with Crippen LogP contribution in [-0.2, 0) is 40.8 Å². The molecule has 1 spiro atoms. The van der Waals surface area contributed by atoms with Crippen molar-refractivity contribution in [1.82, 2.24) is 0 Å². The maximum absolute atomic E-state index is 13.8. The number of methoxy groups -OCH3 is 1. The highest BCUT2D eigenvalue weighted by Gasteiger charge is 2.56. The summed E-state index contributed by atoms with van der Waals surface area (Å²) in [5.74, 6) is 0.780. The highest BCUT2D eigenvalue weighted by Crippen LogP contribution is 2.61. The first-order valence-corrected chi connectivity index (χ1v) is 14.9. The van der Waals surface area contributed by atoms with Crippen molar-refractivity contribution in [2.24, 2.45) is 0 Å². The minimum Gasteiger partial charge on any atom is -0.465 e. The number of anilines is 2. The van der Waals surface area contributed by atoms with Crippen LogP contribution in [0, 0.1) is 0 Å². The molecule has 1 unspecified atom stereocenters. The number of ether oxygens (including phenoxy) is 3. The van der Waals surface area contributed by atoms with Crippen molar-refractivity contribution in [3.63, 3.8) is 0 Å². The predicted molar refractivity (Wildman–Crippen MR) is 156 cm³/mol. The average Bonchev–Trinajstić information content (AvgIpc) is 3.29. The quantitative estimate of drug-likeness (QED) is 0.380. The largest absolute Gasteiger partial charge is 0.465 e. The molecule has 3 aromatic rings. The van der Waals surface area contributed by atoms with E-state index in [1.807, 2.05) is 6.07 Å². The molecule has 5 aliphatic rings. The maximum atomic E-state index is 13.8. The van der Waals surface area contributed by atoms with Gasteiger partial charge in [-0.1, -0.05) is 13.0 Å². The van der Waals surface area contributed by atoms with Crippen molar-refractivity contribution >= 4 is 23.3 Å². The van der Waals surface area contributed by atoms with Crippen molar-refractivity contribution < 1.29 is 23.8 Å². The topological polar surface area (TPSA) is 68.3 Å². The lowest BCUT2D eigenvalue weighted by Crippen LogP contribution is -2.39. The zero-order chi connectivity index (χ0) is 28.0. The lowest BCUT2D eigenvalue weighted by Gasteiger charge is -2.44. The second-order valence-corrected chi connectivity index (χ2v) is 12.0. The average molecular weight is 551 g/mol. The van der Waals surface area contributed by atoms with Gasteiger partial charge in [0.1, 0.15) is 11.5 Å². The Morgan fingerprint density at radius 1 is 0.927 bits per heavy atom. The number of benzene rings is 3. The van der Waals surface area contributed by atoms with Gasteiger partial charge in [0.05, 0.1) is 18.2 Å². The number of nitrogens with zero attached hydrogens (tertiary/aromatic N) is 2. The van der Waals surface area contributed by atoms with E-state index in [2.05, 4.69) is 35.9 Å². The Morgan fingerprint density at radius 3 is 2.39 bits per heavy atom. The van der Waals surface area contributed by atoms with Gasteiger partial charge in [-0.2, -0.15) is 0 Å². The smallest absolute Gasteiger partial charge is 0.340 e. The molecular formula is C34H34N2O5. The van der Waals surface area contributed by atoms with Gasteiger partial charge in [-0.15, -0.1) is 0 Å². The minimum absolute atomic E-state index is 0.338. The summed E-state index contributed by atoms with van der Waals surface area (Å²) in [7, 11) is 3.51. The van der Waals surface area contributed by atoms with Gasteiger partial charge in [0.2, 0.25) is 0 Å². The molecule has 0 aliphatic carbocycles. The Morgan fingerprint density at radius 2 is 1.63 bits per heavy atom. The second kappa shape index (κ2) is 8.75. The van der Waals surface area contributed by atoms with E-state index in [1.54, 1.807) is 12.1 Å². The molecule has 0 aromatic heterocycles. The number of fused-ring (bicyclic) bond motifs is 9. The summed E-state index contributed by atoms with van der Waals surface area (Å²) in [5, 5.41) is 0. The Hall–Kier alpha value is -4.00. The fourth-order valence-corrected chi connectivity index (χ4v) is 8.10. The number of hydrogen-bond acceptors (Lipinski definition) is 7. The molecule has 0 N–H and O–H groups in total. The Bertz CT molecular complexity index is 1620. The van der Waals surface area contributed by atoms with Crippen LogP contribution in [-0.4, -0.2) is 45.7 Å². The number of aryl methyl sites for hydroxylation is 2. The molecule has 8 rings (SSSR count). The van der Waals surface area contributed by atoms with Crippen LogP contribution < -0.4 is 14.5 Å². The van der Waals surface area contributed by atoms with Crippen molar-refractivity contribution in [1.29, 1.82) is 0 Å². The Balaban J connectivity index is 1.48. The van der Waals surface area contributed by atoms with E-state index in [0.29, 0.717) is 11.1 Å². The summed E-state index contributed by atoms with van der Waals surface area (Å²) >= 11 is 0. The highest BCUT2D eigenvalue weighted by molar-refractivity contribution is 6.00. The number of hydrogen-bond donors (Lipinski definition) is 0. The first-order chi connectivity index (χ1) is 20.0. The molecule has 5 heterocycles. The summed E-state index contributed by atoms with van der Waals surface area (Å²) in [6.07, 6.45) is 6.91. The molecule has 3 aromatic carbocycles. The van der Waals surface area contributed by atoms with Crippen molar-refractivity contribution in [2.45, 2.75) is 57.5 Å². The van der Waals surface area contributed by atoms with Gasteiger partial charge in [-0.3, -0.25) is 0 Å². The fraction of sp³-hybridized carbons (Fsp3) is 0.412. The van der Waals surface area contributed by atoms with Crippen LogP contribution in [0.1, 0.15) is 85.8 Å². The maximum Gasteiger partial charge on any atom is 0.340 e. The van der Waals surface area contributed by atoms with Crippen molar-refractivity contribution in [3.8, 4) is 11.5 Å². The molecule has 41 heavy (non-hydrogen) atoms. The summed E-state index contributed by atoms with van der Waals surface area (Å²) in [6.45, 7) is 5.31. The first-order valence-electron chi connectivity index (χ1n) is 14.9. The molecular weight excluding hydrogens is 516 g/mol. The minimum atomic E-state index is -1.15. The van der Waals surface area contributed by atoms with E-state index in [-0.39, 0.29) is 0 Å². The fourth-order valence-electron chi connectivity index (χ4n) is 8.10. The van der Waals surface area contributed by atoms with Crippen LogP contribution >= 0.6 is 0 Å². The second-order valence-electron chi connectivity index (χ2n) is 12.0. The molecule has 0 bridgehead atoms. The van der Waals surface area contributed by atoms with Gasteiger partial charge in [0.25, 0.3) is 0 Å². The van der Waals surface area contributed by atoms with Crippen LogP contribution in [0.4, 0.5) is 11.4 Å². The number of rotatable bonds is 2. The van der Waals surface area contributed by atoms with Gasteiger partial charge in [0, 0.05) is 65.9 Å². The molecule has 7 heteroatoms. The lowest BCUT2D eigenvalue weighted by atomic mass is 9.73. The molecule has 0 radical (unpaired) electrons. The van der Waals surface area contributed by atoms with E-state index in [9.17, 15) is 9.59 Å². The predicted octanol–water partition coefficient (Wildman–Crippen LogP) is 5.68. The van der Waals surface area contributed by atoms with Crippen LogP contribution in [0.15, 0.2) is 30.3 Å². The molecule has 210 valence electrons. The monoisotopic (exact) mass is 550 g/mol. The van der Waals surface area contributed by atoms with Crippen LogP contribution in [0.3, 0.4) is 0 Å². The van der Waals surface area contributed by atoms with Crippen molar-refractivity contribution in [3.05, 3.63) is 80.4 Å². The van der Waals surface area contributed by atoms with E-state index in [0.717, 1.165) is 92.8 Å². The summed E-state index contributed by atoms with van der Waals surface area (Å²) < 4.78 is 18.7. The first kappa shape index (κ1) is 24.8. The normalized spacial score (nSPS) is 21.3. The third-order valence-corrected chi connectivity index (χ3v) is 9.83.